The standard InChI is InChI=1S/C12H16N4O3/c1-7-8(2)15-16-11(9(7)6-13)14-10(12(17)18)4-5-19-3/h10H,4-5H2,1-3H3,(H,14,16)(H,17,18). The molecule has 7 heteroatoms. The minimum Gasteiger partial charge on any atom is -0.480 e. The smallest absolute Gasteiger partial charge is 0.326 e. The summed E-state index contributed by atoms with van der Waals surface area (Å²) < 4.78 is 4.86. The summed E-state index contributed by atoms with van der Waals surface area (Å²) in [6.07, 6.45) is 0.269. The minimum absolute atomic E-state index is 0.189. The average Bonchev–Trinajstić information content (AvgIpc) is 2.38. The van der Waals surface area contributed by atoms with Crippen LogP contribution in [0.15, 0.2) is 0 Å². The topological polar surface area (TPSA) is 108 Å². The molecule has 19 heavy (non-hydrogen) atoms. The summed E-state index contributed by atoms with van der Waals surface area (Å²) in [6, 6.07) is 1.14. The average molecular weight is 264 g/mol. The molecule has 1 heterocycles. The van der Waals surface area contributed by atoms with Gasteiger partial charge >= 0.3 is 5.97 Å². The largest absolute Gasteiger partial charge is 0.480 e. The Balaban J connectivity index is 3.00. The van der Waals surface area contributed by atoms with Crippen LogP contribution in [0.3, 0.4) is 0 Å². The van der Waals surface area contributed by atoms with Crippen LogP contribution >= 0.6 is 0 Å². The molecule has 0 radical (unpaired) electrons. The number of nitrogens with one attached hydrogen (secondary N) is 1. The first-order valence-corrected chi connectivity index (χ1v) is 5.73. The van der Waals surface area contributed by atoms with Crippen molar-refractivity contribution in [1.29, 1.82) is 5.26 Å². The predicted molar refractivity (Wildman–Crippen MR) is 67.8 cm³/mol. The molecule has 0 spiro atoms. The lowest BCUT2D eigenvalue weighted by Gasteiger charge is -2.16. The summed E-state index contributed by atoms with van der Waals surface area (Å²) >= 11 is 0. The van der Waals surface area contributed by atoms with Crippen molar-refractivity contribution in [3.63, 3.8) is 0 Å². The number of methoxy groups -OCH3 is 1. The van der Waals surface area contributed by atoms with Crippen LogP contribution in [0.2, 0.25) is 0 Å². The Bertz CT molecular complexity index is 510. The molecule has 0 aliphatic rings. The molecule has 1 atom stereocenters. The fourth-order valence-electron chi connectivity index (χ4n) is 1.50. The zero-order chi connectivity index (χ0) is 14.4. The van der Waals surface area contributed by atoms with Gasteiger partial charge in [-0.05, 0) is 19.4 Å². The van der Waals surface area contributed by atoms with Crippen LogP contribution in [0.5, 0.6) is 0 Å². The van der Waals surface area contributed by atoms with Crippen molar-refractivity contribution in [2.24, 2.45) is 0 Å². The number of aliphatic carboxylic acids is 1. The third kappa shape index (κ3) is 3.63. The molecule has 7 nitrogen and oxygen atoms in total. The Morgan fingerprint density at radius 2 is 2.21 bits per heavy atom. The summed E-state index contributed by atoms with van der Waals surface area (Å²) in [6.45, 7) is 3.79. The maximum atomic E-state index is 11.1. The van der Waals surface area contributed by atoms with E-state index in [0.717, 1.165) is 0 Å². The van der Waals surface area contributed by atoms with Gasteiger partial charge < -0.3 is 15.2 Å². The molecule has 0 fully saturated rings. The van der Waals surface area contributed by atoms with Gasteiger partial charge in [0.25, 0.3) is 0 Å². The molecule has 1 unspecified atom stereocenters. The lowest BCUT2D eigenvalue weighted by atomic mass is 10.1. The third-order valence-corrected chi connectivity index (χ3v) is 2.79. The maximum absolute atomic E-state index is 11.1. The van der Waals surface area contributed by atoms with Gasteiger partial charge in [0.2, 0.25) is 0 Å². The molecule has 0 aliphatic carbocycles. The van der Waals surface area contributed by atoms with E-state index in [2.05, 4.69) is 15.5 Å². The Morgan fingerprint density at radius 3 is 2.74 bits per heavy atom. The summed E-state index contributed by atoms with van der Waals surface area (Å²) in [5.41, 5.74) is 1.65. The number of aryl methyl sites for hydroxylation is 1. The molecule has 1 aromatic heterocycles. The number of rotatable bonds is 6. The van der Waals surface area contributed by atoms with Crippen molar-refractivity contribution in [2.45, 2.75) is 26.3 Å². The van der Waals surface area contributed by atoms with Crippen LogP contribution < -0.4 is 5.32 Å². The monoisotopic (exact) mass is 264 g/mol. The van der Waals surface area contributed by atoms with Crippen molar-refractivity contribution in [1.82, 2.24) is 10.2 Å². The number of hydrogen-bond acceptors (Lipinski definition) is 6. The van der Waals surface area contributed by atoms with Gasteiger partial charge in [-0.25, -0.2) is 4.79 Å². The molecule has 102 valence electrons. The molecule has 0 amide bonds. The molecule has 1 rings (SSSR count). The molecule has 0 aromatic carbocycles. The summed E-state index contributed by atoms with van der Waals surface area (Å²) in [4.78, 5) is 11.1. The van der Waals surface area contributed by atoms with Gasteiger partial charge in [0.1, 0.15) is 17.7 Å². The number of hydrogen-bond donors (Lipinski definition) is 2. The lowest BCUT2D eigenvalue weighted by molar-refractivity contribution is -0.138. The molecule has 1 aromatic rings. The normalized spacial score (nSPS) is 11.7. The number of anilines is 1. The second kappa shape index (κ2) is 6.66. The van der Waals surface area contributed by atoms with Crippen molar-refractivity contribution < 1.29 is 14.6 Å². The Kier molecular flexibility index (Phi) is 5.21. The summed E-state index contributed by atoms with van der Waals surface area (Å²) in [5.74, 6) is -0.838. The highest BCUT2D eigenvalue weighted by molar-refractivity contribution is 5.77. The van der Waals surface area contributed by atoms with Crippen LogP contribution in [-0.2, 0) is 9.53 Å². The summed E-state index contributed by atoms with van der Waals surface area (Å²) in [5, 5.41) is 28.7. The molecule has 0 saturated carbocycles. The van der Waals surface area contributed by atoms with Crippen LogP contribution in [-0.4, -0.2) is 41.0 Å². The first kappa shape index (κ1) is 14.9. The molecule has 2 N–H and O–H groups in total. The maximum Gasteiger partial charge on any atom is 0.326 e. The zero-order valence-electron chi connectivity index (χ0n) is 11.1. The van der Waals surface area contributed by atoms with Gasteiger partial charge in [0.05, 0.1) is 5.69 Å². The molecule has 0 bridgehead atoms. The van der Waals surface area contributed by atoms with E-state index in [0.29, 0.717) is 23.4 Å². The number of carbonyl (C=O) groups is 1. The van der Waals surface area contributed by atoms with Gasteiger partial charge in [-0.2, -0.15) is 10.4 Å². The van der Waals surface area contributed by atoms with E-state index in [1.165, 1.54) is 7.11 Å². The highest BCUT2D eigenvalue weighted by Gasteiger charge is 2.20. The van der Waals surface area contributed by atoms with Crippen molar-refractivity contribution >= 4 is 11.8 Å². The Morgan fingerprint density at radius 1 is 1.53 bits per heavy atom. The first-order valence-electron chi connectivity index (χ1n) is 5.73. The van der Waals surface area contributed by atoms with E-state index in [1.807, 2.05) is 6.07 Å². The number of ether oxygens (including phenoxy) is 1. The zero-order valence-corrected chi connectivity index (χ0v) is 11.1. The number of carboxylic acids is 1. The van der Waals surface area contributed by atoms with Crippen LogP contribution in [0.4, 0.5) is 5.82 Å². The van der Waals surface area contributed by atoms with Gasteiger partial charge in [0.15, 0.2) is 5.82 Å². The second-order valence-electron chi connectivity index (χ2n) is 4.06. The molecular formula is C12H16N4O3. The number of nitrogens with zero attached hydrogens (tertiary/aromatic N) is 3. The van der Waals surface area contributed by atoms with Gasteiger partial charge in [0, 0.05) is 20.1 Å². The fourth-order valence-corrected chi connectivity index (χ4v) is 1.50. The van der Waals surface area contributed by atoms with Gasteiger partial charge in [-0.3, -0.25) is 0 Å². The predicted octanol–water partition coefficient (Wildman–Crippen LogP) is 0.867. The highest BCUT2D eigenvalue weighted by atomic mass is 16.5. The Hall–Kier alpha value is -2.20. The van der Waals surface area contributed by atoms with Crippen LogP contribution in [0, 0.1) is 25.2 Å². The number of carboxylic acid groups (broad SMARTS) is 1. The highest BCUT2D eigenvalue weighted by Crippen LogP contribution is 2.18. The van der Waals surface area contributed by atoms with Crippen LogP contribution in [0.25, 0.3) is 0 Å². The van der Waals surface area contributed by atoms with E-state index < -0.39 is 12.0 Å². The van der Waals surface area contributed by atoms with E-state index in [-0.39, 0.29) is 12.2 Å². The van der Waals surface area contributed by atoms with Crippen molar-refractivity contribution in [3.8, 4) is 6.07 Å². The van der Waals surface area contributed by atoms with E-state index in [9.17, 15) is 4.79 Å². The summed E-state index contributed by atoms with van der Waals surface area (Å²) in [7, 11) is 1.50. The van der Waals surface area contributed by atoms with Gasteiger partial charge in [-0.15, -0.1) is 5.10 Å². The minimum atomic E-state index is -1.03. The SMILES string of the molecule is COCCC(Nc1nnc(C)c(C)c1C#N)C(=O)O. The molecular weight excluding hydrogens is 248 g/mol. The van der Waals surface area contributed by atoms with Crippen molar-refractivity contribution in [3.05, 3.63) is 16.8 Å². The van der Waals surface area contributed by atoms with Crippen LogP contribution in [0.1, 0.15) is 23.2 Å². The molecule has 0 aliphatic heterocycles. The van der Waals surface area contributed by atoms with Gasteiger partial charge in [-0.1, -0.05) is 0 Å². The fraction of sp³-hybridized carbons (Fsp3) is 0.500. The van der Waals surface area contributed by atoms with E-state index in [4.69, 9.17) is 15.1 Å². The number of nitriles is 1. The van der Waals surface area contributed by atoms with Crippen molar-refractivity contribution in [2.75, 3.05) is 19.0 Å². The third-order valence-electron chi connectivity index (χ3n) is 2.79. The number of aromatic nitrogens is 2. The Labute approximate surface area is 111 Å². The first-order chi connectivity index (χ1) is 9.01. The van der Waals surface area contributed by atoms with E-state index >= 15 is 0 Å². The molecule has 0 saturated heterocycles. The second-order valence-corrected chi connectivity index (χ2v) is 4.06. The lowest BCUT2D eigenvalue weighted by Crippen LogP contribution is -2.31. The quantitative estimate of drug-likeness (QED) is 0.784. The van der Waals surface area contributed by atoms with E-state index in [1.54, 1.807) is 13.8 Å².